The first-order valence-corrected chi connectivity index (χ1v) is 11.9. The fraction of sp³-hybridized carbons (Fsp3) is 0.240. The molecule has 0 saturated heterocycles. The molecule has 3 aromatic carbocycles. The van der Waals surface area contributed by atoms with Gasteiger partial charge in [0.2, 0.25) is 5.91 Å². The average molecular weight is 453 g/mol. The number of nitrogens with one attached hydrogen (secondary N) is 1. The summed E-state index contributed by atoms with van der Waals surface area (Å²) in [7, 11) is -2.42. The standard InChI is InChI=1S/C25H28N2O4S/c1-20-10-12-21(13-11-20)7-6-18-26-25(28)19-27(22-8-4-3-5-9-22)32(29,30)24-16-14-23(31-2)15-17-24/h3-5,8-17H,6-7,18-19H2,1-2H3,(H,26,28). The summed E-state index contributed by atoms with van der Waals surface area (Å²) in [6, 6.07) is 23.0. The second-order valence-electron chi connectivity index (χ2n) is 7.46. The molecule has 1 amide bonds. The molecule has 32 heavy (non-hydrogen) atoms. The number of sulfonamides is 1. The van der Waals surface area contributed by atoms with Gasteiger partial charge in [-0.25, -0.2) is 8.42 Å². The molecule has 0 aliphatic heterocycles. The summed E-state index contributed by atoms with van der Waals surface area (Å²) >= 11 is 0. The first-order chi connectivity index (χ1) is 15.4. The van der Waals surface area contributed by atoms with E-state index in [1.165, 1.54) is 30.4 Å². The number of ether oxygens (including phenoxy) is 1. The Morgan fingerprint density at radius 2 is 1.59 bits per heavy atom. The van der Waals surface area contributed by atoms with Gasteiger partial charge >= 0.3 is 0 Å². The Labute approximate surface area is 189 Å². The summed E-state index contributed by atoms with van der Waals surface area (Å²) < 4.78 is 32.9. The van der Waals surface area contributed by atoms with Crippen LogP contribution in [0, 0.1) is 6.92 Å². The number of rotatable bonds is 10. The number of benzene rings is 3. The third-order valence-corrected chi connectivity index (χ3v) is 6.85. The number of amides is 1. The molecule has 0 saturated carbocycles. The zero-order valence-corrected chi connectivity index (χ0v) is 19.1. The fourth-order valence-corrected chi connectivity index (χ4v) is 4.67. The Balaban J connectivity index is 1.67. The van der Waals surface area contributed by atoms with E-state index in [2.05, 4.69) is 29.6 Å². The Hall–Kier alpha value is -3.32. The monoisotopic (exact) mass is 452 g/mol. The molecule has 7 heteroatoms. The lowest BCUT2D eigenvalue weighted by Gasteiger charge is -2.24. The van der Waals surface area contributed by atoms with Gasteiger partial charge in [0.25, 0.3) is 10.0 Å². The van der Waals surface area contributed by atoms with Crippen molar-refractivity contribution in [2.75, 3.05) is 24.5 Å². The molecule has 6 nitrogen and oxygen atoms in total. The molecule has 0 aliphatic carbocycles. The number of carbonyl (C=O) groups excluding carboxylic acids is 1. The summed E-state index contributed by atoms with van der Waals surface area (Å²) in [6.07, 6.45) is 1.61. The van der Waals surface area contributed by atoms with Gasteiger partial charge in [0.15, 0.2) is 0 Å². The molecule has 0 unspecified atom stereocenters. The predicted octanol–water partition coefficient (Wildman–Crippen LogP) is 3.95. The van der Waals surface area contributed by atoms with Crippen molar-refractivity contribution in [2.24, 2.45) is 0 Å². The Morgan fingerprint density at radius 1 is 0.938 bits per heavy atom. The zero-order valence-electron chi connectivity index (χ0n) is 18.3. The van der Waals surface area contributed by atoms with Crippen LogP contribution in [0.15, 0.2) is 83.8 Å². The summed E-state index contributed by atoms with van der Waals surface area (Å²) in [5, 5.41) is 2.84. The van der Waals surface area contributed by atoms with E-state index in [1.54, 1.807) is 42.5 Å². The van der Waals surface area contributed by atoms with Crippen molar-refractivity contribution in [3.8, 4) is 5.75 Å². The van der Waals surface area contributed by atoms with E-state index in [9.17, 15) is 13.2 Å². The Bertz CT molecular complexity index is 1110. The third-order valence-electron chi connectivity index (χ3n) is 5.06. The largest absolute Gasteiger partial charge is 0.497 e. The van der Waals surface area contributed by atoms with Gasteiger partial charge in [0.1, 0.15) is 12.3 Å². The van der Waals surface area contributed by atoms with Crippen molar-refractivity contribution in [3.63, 3.8) is 0 Å². The van der Waals surface area contributed by atoms with Gasteiger partial charge in [-0.05, 0) is 61.7 Å². The van der Waals surface area contributed by atoms with Crippen molar-refractivity contribution in [3.05, 3.63) is 90.0 Å². The van der Waals surface area contributed by atoms with E-state index >= 15 is 0 Å². The molecular formula is C25H28N2O4S. The van der Waals surface area contributed by atoms with Crippen LogP contribution in [0.3, 0.4) is 0 Å². The number of aryl methyl sites for hydroxylation is 2. The van der Waals surface area contributed by atoms with Gasteiger partial charge in [0, 0.05) is 6.54 Å². The minimum Gasteiger partial charge on any atom is -0.497 e. The second kappa shape index (κ2) is 10.8. The van der Waals surface area contributed by atoms with Gasteiger partial charge in [-0.1, -0.05) is 48.0 Å². The Morgan fingerprint density at radius 3 is 2.22 bits per heavy atom. The minimum atomic E-state index is -3.93. The normalized spacial score (nSPS) is 11.1. The number of hydrogen-bond donors (Lipinski definition) is 1. The SMILES string of the molecule is COc1ccc(S(=O)(=O)N(CC(=O)NCCCc2ccc(C)cc2)c2ccccc2)cc1. The van der Waals surface area contributed by atoms with Crippen LogP contribution in [0.1, 0.15) is 17.5 Å². The third kappa shape index (κ3) is 6.11. The maximum absolute atomic E-state index is 13.3. The van der Waals surface area contributed by atoms with Crippen molar-refractivity contribution >= 4 is 21.6 Å². The molecule has 0 radical (unpaired) electrons. The summed E-state index contributed by atoms with van der Waals surface area (Å²) in [4.78, 5) is 12.7. The lowest BCUT2D eigenvalue weighted by Crippen LogP contribution is -2.41. The van der Waals surface area contributed by atoms with E-state index < -0.39 is 10.0 Å². The van der Waals surface area contributed by atoms with Crippen LogP contribution < -0.4 is 14.4 Å². The van der Waals surface area contributed by atoms with Crippen LogP contribution in [-0.4, -0.2) is 34.5 Å². The molecule has 1 N–H and O–H groups in total. The number of nitrogens with zero attached hydrogens (tertiary/aromatic N) is 1. The molecule has 168 valence electrons. The lowest BCUT2D eigenvalue weighted by molar-refractivity contribution is -0.119. The molecule has 3 rings (SSSR count). The van der Waals surface area contributed by atoms with E-state index in [0.29, 0.717) is 18.0 Å². The molecule has 3 aromatic rings. The molecule has 0 aromatic heterocycles. The number of anilines is 1. The number of carbonyl (C=O) groups is 1. The summed E-state index contributed by atoms with van der Waals surface area (Å²) in [5.41, 5.74) is 2.84. The van der Waals surface area contributed by atoms with E-state index in [1.807, 2.05) is 6.92 Å². The number of methoxy groups -OCH3 is 1. The first kappa shape index (κ1) is 23.3. The number of hydrogen-bond acceptors (Lipinski definition) is 4. The molecule has 0 heterocycles. The average Bonchev–Trinajstić information content (AvgIpc) is 2.82. The van der Waals surface area contributed by atoms with Crippen molar-refractivity contribution in [1.82, 2.24) is 5.32 Å². The molecule has 0 fully saturated rings. The summed E-state index contributed by atoms with van der Waals surface area (Å²) in [5.74, 6) is 0.205. The van der Waals surface area contributed by atoms with Crippen molar-refractivity contribution in [1.29, 1.82) is 0 Å². The summed E-state index contributed by atoms with van der Waals surface area (Å²) in [6.45, 7) is 2.21. The van der Waals surface area contributed by atoms with Gasteiger partial charge in [0.05, 0.1) is 17.7 Å². The molecule has 0 spiro atoms. The van der Waals surface area contributed by atoms with Gasteiger partial charge < -0.3 is 10.1 Å². The highest BCUT2D eigenvalue weighted by atomic mass is 32.2. The van der Waals surface area contributed by atoms with Gasteiger partial charge in [-0.2, -0.15) is 0 Å². The van der Waals surface area contributed by atoms with Crippen LogP contribution in [0.5, 0.6) is 5.75 Å². The van der Waals surface area contributed by atoms with Crippen molar-refractivity contribution in [2.45, 2.75) is 24.7 Å². The first-order valence-electron chi connectivity index (χ1n) is 10.4. The second-order valence-corrected chi connectivity index (χ2v) is 9.32. The molecule has 0 atom stereocenters. The van der Waals surface area contributed by atoms with Crippen molar-refractivity contribution < 1.29 is 17.9 Å². The maximum atomic E-state index is 13.3. The molecule has 0 aliphatic rings. The predicted molar refractivity (Wildman–Crippen MR) is 126 cm³/mol. The minimum absolute atomic E-state index is 0.0920. The lowest BCUT2D eigenvalue weighted by atomic mass is 10.1. The van der Waals surface area contributed by atoms with Crippen LogP contribution in [-0.2, 0) is 21.2 Å². The molecule has 0 bridgehead atoms. The van der Waals surface area contributed by atoms with E-state index in [4.69, 9.17) is 4.74 Å². The van der Waals surface area contributed by atoms with Gasteiger partial charge in [-0.15, -0.1) is 0 Å². The van der Waals surface area contributed by atoms with E-state index in [0.717, 1.165) is 17.1 Å². The fourth-order valence-electron chi connectivity index (χ4n) is 3.25. The Kier molecular flexibility index (Phi) is 7.89. The smallest absolute Gasteiger partial charge is 0.264 e. The topological polar surface area (TPSA) is 75.7 Å². The highest BCUT2D eigenvalue weighted by Crippen LogP contribution is 2.24. The number of para-hydroxylation sites is 1. The van der Waals surface area contributed by atoms with E-state index in [-0.39, 0.29) is 17.3 Å². The quantitative estimate of drug-likeness (QED) is 0.473. The van der Waals surface area contributed by atoms with Crippen LogP contribution in [0.25, 0.3) is 0 Å². The maximum Gasteiger partial charge on any atom is 0.264 e. The molecular weight excluding hydrogens is 424 g/mol. The highest BCUT2D eigenvalue weighted by Gasteiger charge is 2.27. The van der Waals surface area contributed by atoms with Crippen LogP contribution in [0.4, 0.5) is 5.69 Å². The van der Waals surface area contributed by atoms with Crippen LogP contribution in [0.2, 0.25) is 0 Å². The van der Waals surface area contributed by atoms with Gasteiger partial charge in [-0.3, -0.25) is 9.10 Å². The highest BCUT2D eigenvalue weighted by molar-refractivity contribution is 7.92. The zero-order chi connectivity index (χ0) is 23.0. The van der Waals surface area contributed by atoms with Crippen LogP contribution >= 0.6 is 0 Å².